The van der Waals surface area contributed by atoms with Crippen molar-refractivity contribution in [3.63, 3.8) is 0 Å². The van der Waals surface area contributed by atoms with Crippen LogP contribution >= 0.6 is 0 Å². The number of allylic oxidation sites excluding steroid dienone is 2. The summed E-state index contributed by atoms with van der Waals surface area (Å²) in [6.07, 6.45) is 3.50. The maximum atomic E-state index is 12.9. The van der Waals surface area contributed by atoms with Crippen LogP contribution in [0.25, 0.3) is 0 Å². The van der Waals surface area contributed by atoms with Crippen LogP contribution in [0.4, 0.5) is 5.69 Å². The topological polar surface area (TPSA) is 37.4 Å². The highest BCUT2D eigenvalue weighted by Gasteiger charge is 2.49. The van der Waals surface area contributed by atoms with Gasteiger partial charge >= 0.3 is 0 Å². The van der Waals surface area contributed by atoms with E-state index in [1.54, 1.807) is 0 Å². The first-order chi connectivity index (χ1) is 10.3. The smallest absolute Gasteiger partial charge is 0.238 e. The third kappa shape index (κ3) is 2.29. The minimum absolute atomic E-state index is 0.0286. The Hall–Kier alpha value is -1.90. The average molecular weight is 297 g/mol. The van der Waals surface area contributed by atoms with Crippen molar-refractivity contribution in [2.24, 2.45) is 11.8 Å². The normalized spacial score (nSPS) is 25.3. The lowest BCUT2D eigenvalue weighted by Crippen LogP contribution is -2.33. The van der Waals surface area contributed by atoms with Gasteiger partial charge in [0.25, 0.3) is 0 Å². The van der Waals surface area contributed by atoms with Crippen molar-refractivity contribution in [3.8, 4) is 0 Å². The number of fused-ring (bicyclic) bond motifs is 1. The van der Waals surface area contributed by atoms with Crippen molar-refractivity contribution in [3.05, 3.63) is 41.5 Å². The first-order valence-electron chi connectivity index (χ1n) is 7.93. The maximum absolute atomic E-state index is 12.9. The summed E-state index contributed by atoms with van der Waals surface area (Å²) >= 11 is 0. The second-order valence-corrected chi connectivity index (χ2v) is 7.48. The first-order valence-corrected chi connectivity index (χ1v) is 7.93. The van der Waals surface area contributed by atoms with E-state index in [4.69, 9.17) is 0 Å². The molecule has 0 spiro atoms. The SMILES string of the molecule is CC1=CCC2C(=O)N(c3ccccc3C(C)(C)C)C(=O)C2C1. The maximum Gasteiger partial charge on any atom is 0.238 e. The van der Waals surface area contributed by atoms with E-state index in [1.807, 2.05) is 31.2 Å². The van der Waals surface area contributed by atoms with Gasteiger partial charge in [0, 0.05) is 0 Å². The van der Waals surface area contributed by atoms with Crippen molar-refractivity contribution in [2.45, 2.75) is 46.0 Å². The summed E-state index contributed by atoms with van der Waals surface area (Å²) in [5, 5.41) is 0. The van der Waals surface area contributed by atoms with Crippen LogP contribution in [0.2, 0.25) is 0 Å². The van der Waals surface area contributed by atoms with Crippen LogP contribution in [0.15, 0.2) is 35.9 Å². The Kier molecular flexibility index (Phi) is 3.47. The molecule has 1 aliphatic carbocycles. The number of anilines is 1. The Morgan fingerprint density at radius 2 is 1.68 bits per heavy atom. The molecular formula is C19H23NO2. The molecule has 0 bridgehead atoms. The third-order valence-electron chi connectivity index (χ3n) is 4.78. The van der Waals surface area contributed by atoms with Gasteiger partial charge in [-0.1, -0.05) is 50.6 Å². The molecule has 0 N–H and O–H groups in total. The zero-order chi connectivity index (χ0) is 16.1. The number of rotatable bonds is 1. The Labute approximate surface area is 132 Å². The molecule has 1 saturated heterocycles. The summed E-state index contributed by atoms with van der Waals surface area (Å²) in [6.45, 7) is 8.36. The van der Waals surface area contributed by atoms with Gasteiger partial charge in [-0.25, -0.2) is 4.90 Å². The molecule has 0 aromatic heterocycles. The van der Waals surface area contributed by atoms with E-state index in [-0.39, 0.29) is 29.1 Å². The predicted molar refractivity (Wildman–Crippen MR) is 87.6 cm³/mol. The zero-order valence-electron chi connectivity index (χ0n) is 13.7. The molecule has 3 heteroatoms. The Balaban J connectivity index is 2.04. The fourth-order valence-electron chi connectivity index (χ4n) is 3.58. The summed E-state index contributed by atoms with van der Waals surface area (Å²) in [5.41, 5.74) is 2.91. The molecule has 116 valence electrons. The molecule has 1 aromatic carbocycles. The van der Waals surface area contributed by atoms with Gasteiger partial charge in [0.15, 0.2) is 0 Å². The van der Waals surface area contributed by atoms with E-state index in [2.05, 4.69) is 26.8 Å². The molecule has 3 nitrogen and oxygen atoms in total. The van der Waals surface area contributed by atoms with Crippen molar-refractivity contribution in [1.82, 2.24) is 0 Å². The van der Waals surface area contributed by atoms with Gasteiger partial charge in [-0.15, -0.1) is 0 Å². The molecule has 1 aromatic rings. The highest BCUT2D eigenvalue weighted by molar-refractivity contribution is 6.22. The number of carbonyl (C=O) groups is 2. The van der Waals surface area contributed by atoms with Gasteiger partial charge in [-0.3, -0.25) is 9.59 Å². The second-order valence-electron chi connectivity index (χ2n) is 7.48. The minimum atomic E-state index is -0.177. The predicted octanol–water partition coefficient (Wildman–Crippen LogP) is 3.83. The van der Waals surface area contributed by atoms with E-state index in [0.29, 0.717) is 12.8 Å². The minimum Gasteiger partial charge on any atom is -0.274 e. The summed E-state index contributed by atoms with van der Waals surface area (Å²) in [7, 11) is 0. The molecule has 22 heavy (non-hydrogen) atoms. The van der Waals surface area contributed by atoms with Gasteiger partial charge in [-0.05, 0) is 36.8 Å². The average Bonchev–Trinajstić information content (AvgIpc) is 2.69. The summed E-state index contributed by atoms with van der Waals surface area (Å²) < 4.78 is 0. The zero-order valence-corrected chi connectivity index (χ0v) is 13.7. The van der Waals surface area contributed by atoms with Gasteiger partial charge < -0.3 is 0 Å². The second kappa shape index (κ2) is 5.08. The van der Waals surface area contributed by atoms with Crippen LogP contribution in [0.3, 0.4) is 0 Å². The largest absolute Gasteiger partial charge is 0.274 e. The molecule has 0 radical (unpaired) electrons. The molecule has 2 unspecified atom stereocenters. The van der Waals surface area contributed by atoms with E-state index >= 15 is 0 Å². The molecule has 1 fully saturated rings. The van der Waals surface area contributed by atoms with E-state index < -0.39 is 0 Å². The van der Waals surface area contributed by atoms with Crippen LogP contribution in [0, 0.1) is 11.8 Å². The fraction of sp³-hybridized carbons (Fsp3) is 0.474. The van der Waals surface area contributed by atoms with Crippen LogP contribution in [-0.4, -0.2) is 11.8 Å². The molecular weight excluding hydrogens is 274 g/mol. The van der Waals surface area contributed by atoms with E-state index in [0.717, 1.165) is 11.3 Å². The number of carbonyl (C=O) groups excluding carboxylic acids is 2. The monoisotopic (exact) mass is 297 g/mol. The van der Waals surface area contributed by atoms with Crippen molar-refractivity contribution >= 4 is 17.5 Å². The van der Waals surface area contributed by atoms with Gasteiger partial charge in [-0.2, -0.15) is 0 Å². The Bertz CT molecular complexity index is 666. The molecule has 1 aliphatic heterocycles. The van der Waals surface area contributed by atoms with Crippen LogP contribution < -0.4 is 4.90 Å². The highest BCUT2D eigenvalue weighted by atomic mass is 16.2. The lowest BCUT2D eigenvalue weighted by molar-refractivity contribution is -0.122. The third-order valence-corrected chi connectivity index (χ3v) is 4.78. The summed E-state index contributed by atoms with van der Waals surface area (Å²) in [5.74, 6) is -0.413. The summed E-state index contributed by atoms with van der Waals surface area (Å²) in [4.78, 5) is 27.1. The number of imide groups is 1. The lowest BCUT2D eigenvalue weighted by atomic mass is 9.82. The van der Waals surface area contributed by atoms with Gasteiger partial charge in [0.05, 0.1) is 17.5 Å². The fourth-order valence-corrected chi connectivity index (χ4v) is 3.58. The van der Waals surface area contributed by atoms with E-state index in [1.165, 1.54) is 10.5 Å². The molecule has 3 rings (SSSR count). The van der Waals surface area contributed by atoms with E-state index in [9.17, 15) is 9.59 Å². The molecule has 1 heterocycles. The Morgan fingerprint density at radius 1 is 1.05 bits per heavy atom. The molecule has 2 aliphatic rings. The molecule has 0 saturated carbocycles. The Morgan fingerprint density at radius 3 is 2.36 bits per heavy atom. The van der Waals surface area contributed by atoms with Gasteiger partial charge in [0.1, 0.15) is 0 Å². The number of hydrogen-bond donors (Lipinski definition) is 0. The standard InChI is InChI=1S/C19H23NO2/c1-12-9-10-13-14(11-12)18(22)20(17(13)21)16-8-6-5-7-15(16)19(2,3)4/h5-9,13-14H,10-11H2,1-4H3. The number of para-hydroxylation sites is 1. The molecule has 2 amide bonds. The highest BCUT2D eigenvalue weighted by Crippen LogP contribution is 2.42. The van der Waals surface area contributed by atoms with Crippen molar-refractivity contribution < 1.29 is 9.59 Å². The van der Waals surface area contributed by atoms with Crippen LogP contribution in [0.5, 0.6) is 0 Å². The number of amides is 2. The lowest BCUT2D eigenvalue weighted by Gasteiger charge is -2.26. The number of benzene rings is 1. The number of nitrogens with zero attached hydrogens (tertiary/aromatic N) is 1. The van der Waals surface area contributed by atoms with Gasteiger partial charge in [0.2, 0.25) is 11.8 Å². The van der Waals surface area contributed by atoms with Crippen LogP contribution in [-0.2, 0) is 15.0 Å². The number of hydrogen-bond acceptors (Lipinski definition) is 2. The van der Waals surface area contributed by atoms with Crippen molar-refractivity contribution in [2.75, 3.05) is 4.90 Å². The first kappa shape index (κ1) is 15.0. The van der Waals surface area contributed by atoms with Crippen LogP contribution in [0.1, 0.15) is 46.1 Å². The van der Waals surface area contributed by atoms with Crippen molar-refractivity contribution in [1.29, 1.82) is 0 Å². The molecule has 2 atom stereocenters. The quantitative estimate of drug-likeness (QED) is 0.583. The summed E-state index contributed by atoms with van der Waals surface area (Å²) in [6, 6.07) is 7.78.